The van der Waals surface area contributed by atoms with Crippen molar-refractivity contribution in [3.8, 4) is 0 Å². The first-order chi connectivity index (χ1) is 8.18. The topological polar surface area (TPSA) is 75.4 Å². The van der Waals surface area contributed by atoms with E-state index in [0.29, 0.717) is 0 Å². The van der Waals surface area contributed by atoms with Crippen LogP contribution in [-0.2, 0) is 17.1 Å². The normalized spacial score (nSPS) is 20.1. The zero-order valence-electron chi connectivity index (χ0n) is 10.5. The largest absolute Gasteiger partial charge is 0.387 e. The first kappa shape index (κ1) is 13.8. The van der Waals surface area contributed by atoms with Gasteiger partial charge in [-0.25, -0.2) is 8.42 Å². The maximum absolute atomic E-state index is 12.3. The fourth-order valence-corrected chi connectivity index (χ4v) is 4.08. The van der Waals surface area contributed by atoms with Gasteiger partial charge in [0, 0.05) is 20.1 Å². The quantitative estimate of drug-likeness (QED) is 0.879. The zero-order valence-corrected chi connectivity index (χ0v) is 12.0. The zero-order chi connectivity index (χ0) is 13.7. The van der Waals surface area contributed by atoms with Crippen molar-refractivity contribution in [3.05, 3.63) is 11.2 Å². The fourth-order valence-electron chi connectivity index (χ4n) is 1.91. The minimum atomic E-state index is -3.68. The second-order valence-electron chi connectivity index (χ2n) is 4.95. The van der Waals surface area contributed by atoms with E-state index in [9.17, 15) is 13.5 Å². The Balaban J connectivity index is 2.26. The summed E-state index contributed by atoms with van der Waals surface area (Å²) in [6.45, 7) is 3.91. The molecular weight excluding hydrogens is 278 g/mol. The lowest BCUT2D eigenvalue weighted by Crippen LogP contribution is -2.65. The number of β-amino-alcohol motifs (C(OH)–C–C–N with tert-alkyl or cyclic N) is 1. The lowest BCUT2D eigenvalue weighted by molar-refractivity contribution is -0.0933. The van der Waals surface area contributed by atoms with Crippen molar-refractivity contribution in [2.75, 3.05) is 13.1 Å². The third-order valence-electron chi connectivity index (χ3n) is 3.40. The lowest BCUT2D eigenvalue weighted by Gasteiger charge is -2.47. The van der Waals surface area contributed by atoms with Crippen molar-refractivity contribution in [1.82, 2.24) is 14.1 Å². The summed E-state index contributed by atoms with van der Waals surface area (Å²) < 4.78 is 27.0. The van der Waals surface area contributed by atoms with E-state index in [0.717, 1.165) is 0 Å². The van der Waals surface area contributed by atoms with E-state index in [1.54, 1.807) is 0 Å². The number of halogens is 1. The molecule has 0 spiro atoms. The SMILES string of the molecule is CC(C)C1(O)CN(S(=O)(=O)c2c(Cl)cnn2C)C1. The van der Waals surface area contributed by atoms with E-state index in [2.05, 4.69) is 5.10 Å². The lowest BCUT2D eigenvalue weighted by atomic mass is 9.85. The molecule has 0 unspecified atom stereocenters. The Morgan fingerprint density at radius 2 is 2.06 bits per heavy atom. The molecule has 1 aliphatic heterocycles. The summed E-state index contributed by atoms with van der Waals surface area (Å²) in [6, 6.07) is 0. The first-order valence-electron chi connectivity index (χ1n) is 5.58. The number of aryl methyl sites for hydroxylation is 1. The summed E-state index contributed by atoms with van der Waals surface area (Å²) in [5, 5.41) is 14.0. The molecule has 1 aromatic rings. The van der Waals surface area contributed by atoms with Crippen molar-refractivity contribution in [1.29, 1.82) is 0 Å². The summed E-state index contributed by atoms with van der Waals surface area (Å²) in [5.74, 6) is 0.00552. The van der Waals surface area contributed by atoms with Gasteiger partial charge in [-0.3, -0.25) is 4.68 Å². The number of rotatable bonds is 3. The molecule has 8 heteroatoms. The van der Waals surface area contributed by atoms with Crippen LogP contribution >= 0.6 is 11.6 Å². The van der Waals surface area contributed by atoms with Gasteiger partial charge in [0.2, 0.25) is 0 Å². The van der Waals surface area contributed by atoms with E-state index < -0.39 is 15.6 Å². The van der Waals surface area contributed by atoms with E-state index in [1.165, 1.54) is 22.2 Å². The van der Waals surface area contributed by atoms with Crippen molar-refractivity contribution in [2.24, 2.45) is 13.0 Å². The molecule has 18 heavy (non-hydrogen) atoms. The minimum absolute atomic E-state index is 0.00552. The molecule has 1 aromatic heterocycles. The molecule has 6 nitrogen and oxygen atoms in total. The maximum atomic E-state index is 12.3. The van der Waals surface area contributed by atoms with Gasteiger partial charge in [0.25, 0.3) is 10.0 Å². The first-order valence-corrected chi connectivity index (χ1v) is 7.40. The Kier molecular flexibility index (Phi) is 3.21. The van der Waals surface area contributed by atoms with Crippen LogP contribution < -0.4 is 0 Å². The molecule has 102 valence electrons. The summed E-state index contributed by atoms with van der Waals surface area (Å²) in [7, 11) is -2.16. The molecule has 0 amide bonds. The molecule has 0 radical (unpaired) electrons. The van der Waals surface area contributed by atoms with Crippen LogP contribution in [0.4, 0.5) is 0 Å². The molecule has 1 N–H and O–H groups in total. The van der Waals surface area contributed by atoms with Gasteiger partial charge in [-0.15, -0.1) is 0 Å². The van der Waals surface area contributed by atoms with Gasteiger partial charge in [0.1, 0.15) is 0 Å². The fraction of sp³-hybridized carbons (Fsp3) is 0.700. The average Bonchev–Trinajstić information content (AvgIpc) is 2.53. The molecule has 1 fully saturated rings. The highest BCUT2D eigenvalue weighted by Gasteiger charge is 2.50. The number of hydrogen-bond donors (Lipinski definition) is 1. The molecule has 0 atom stereocenters. The van der Waals surface area contributed by atoms with Crippen molar-refractivity contribution in [2.45, 2.75) is 24.5 Å². The van der Waals surface area contributed by atoms with E-state index in [-0.39, 0.29) is 29.1 Å². The summed E-state index contributed by atoms with van der Waals surface area (Å²) in [5.41, 5.74) is -0.946. The predicted molar refractivity (Wildman–Crippen MR) is 66.8 cm³/mol. The van der Waals surface area contributed by atoms with E-state index in [1.807, 2.05) is 13.8 Å². The van der Waals surface area contributed by atoms with E-state index >= 15 is 0 Å². The molecular formula is C10H16ClN3O3S. The summed E-state index contributed by atoms with van der Waals surface area (Å²) >= 11 is 5.84. The Morgan fingerprint density at radius 3 is 2.44 bits per heavy atom. The molecule has 0 saturated carbocycles. The van der Waals surface area contributed by atoms with Crippen molar-refractivity contribution >= 4 is 21.6 Å². The van der Waals surface area contributed by atoms with Gasteiger partial charge in [-0.05, 0) is 5.92 Å². The standard InChI is InChI=1S/C10H16ClN3O3S/c1-7(2)10(15)5-14(6-10)18(16,17)9-8(11)4-12-13(9)3/h4,7,15H,5-6H2,1-3H3. The van der Waals surface area contributed by atoms with Crippen LogP contribution in [0, 0.1) is 5.92 Å². The van der Waals surface area contributed by atoms with Crippen molar-refractivity contribution < 1.29 is 13.5 Å². The third kappa shape index (κ3) is 1.95. The summed E-state index contributed by atoms with van der Waals surface area (Å²) in [4.78, 5) is 0. The molecule has 2 rings (SSSR count). The summed E-state index contributed by atoms with van der Waals surface area (Å²) in [6.07, 6.45) is 1.29. The van der Waals surface area contributed by atoms with Crippen LogP contribution in [0.1, 0.15) is 13.8 Å². The minimum Gasteiger partial charge on any atom is -0.387 e. The molecule has 2 heterocycles. The Labute approximate surface area is 111 Å². The van der Waals surface area contributed by atoms with Crippen LogP contribution in [0.15, 0.2) is 11.2 Å². The van der Waals surface area contributed by atoms with Gasteiger partial charge in [-0.1, -0.05) is 25.4 Å². The number of aliphatic hydroxyl groups is 1. The molecule has 0 aliphatic carbocycles. The molecule has 1 saturated heterocycles. The molecule has 0 aromatic carbocycles. The monoisotopic (exact) mass is 293 g/mol. The Bertz CT molecular complexity index is 541. The third-order valence-corrected chi connectivity index (χ3v) is 5.70. The highest BCUT2D eigenvalue weighted by atomic mass is 35.5. The number of aromatic nitrogens is 2. The molecule has 1 aliphatic rings. The van der Waals surface area contributed by atoms with Crippen LogP contribution in [-0.4, -0.2) is 46.3 Å². The number of nitrogens with zero attached hydrogens (tertiary/aromatic N) is 3. The van der Waals surface area contributed by atoms with Gasteiger partial charge in [0.15, 0.2) is 5.03 Å². The second kappa shape index (κ2) is 4.19. The smallest absolute Gasteiger partial charge is 0.261 e. The van der Waals surface area contributed by atoms with Crippen molar-refractivity contribution in [3.63, 3.8) is 0 Å². The Hall–Kier alpha value is -0.630. The Morgan fingerprint density at radius 1 is 1.50 bits per heavy atom. The number of hydrogen-bond acceptors (Lipinski definition) is 4. The van der Waals surface area contributed by atoms with Crippen LogP contribution in [0.2, 0.25) is 5.02 Å². The molecule has 0 bridgehead atoms. The number of sulfonamides is 1. The van der Waals surface area contributed by atoms with Crippen LogP contribution in [0.3, 0.4) is 0 Å². The van der Waals surface area contributed by atoms with Gasteiger partial charge in [0.05, 0.1) is 16.8 Å². The van der Waals surface area contributed by atoms with Gasteiger partial charge in [-0.2, -0.15) is 9.40 Å². The van der Waals surface area contributed by atoms with Gasteiger partial charge >= 0.3 is 0 Å². The van der Waals surface area contributed by atoms with Gasteiger partial charge < -0.3 is 5.11 Å². The highest BCUT2D eigenvalue weighted by molar-refractivity contribution is 7.89. The van der Waals surface area contributed by atoms with E-state index in [4.69, 9.17) is 11.6 Å². The van der Waals surface area contributed by atoms with Crippen LogP contribution in [0.5, 0.6) is 0 Å². The second-order valence-corrected chi connectivity index (χ2v) is 7.21. The predicted octanol–water partition coefficient (Wildman–Crippen LogP) is 0.465. The maximum Gasteiger partial charge on any atom is 0.261 e. The average molecular weight is 294 g/mol. The highest BCUT2D eigenvalue weighted by Crippen LogP contribution is 2.34. The van der Waals surface area contributed by atoms with Crippen LogP contribution in [0.25, 0.3) is 0 Å².